The highest BCUT2D eigenvalue weighted by Crippen LogP contribution is 2.89. The minimum atomic E-state index is -3.50. The predicted octanol–water partition coefficient (Wildman–Crippen LogP) is 6.64. The molecule has 1 N–H and O–H groups in total. The van der Waals surface area contributed by atoms with Crippen molar-refractivity contribution >= 4 is 15.7 Å². The molecule has 1 aromatic rings. The molecule has 9 rings (SSSR count). The van der Waals surface area contributed by atoms with Crippen molar-refractivity contribution in [2.24, 2.45) is 56.7 Å². The number of carbonyl (C=O) groups is 1. The third-order valence-corrected chi connectivity index (χ3v) is 19.0. The smallest absolute Gasteiger partial charge is 0.223 e. The van der Waals surface area contributed by atoms with Gasteiger partial charge >= 0.3 is 0 Å². The van der Waals surface area contributed by atoms with Gasteiger partial charge in [-0.25, -0.2) is 8.42 Å². The Hall–Kier alpha value is -1.52. The number of morpholine rings is 1. The van der Waals surface area contributed by atoms with E-state index in [1.165, 1.54) is 25.7 Å². The maximum absolute atomic E-state index is 13.4. The first kappa shape index (κ1) is 35.2. The monoisotopic (exact) mass is 723 g/mol. The van der Waals surface area contributed by atoms with Gasteiger partial charge in [0, 0.05) is 18.4 Å². The lowest BCUT2D eigenvalue weighted by Crippen LogP contribution is -2.60. The second-order valence-electron chi connectivity index (χ2n) is 19.6. The largest absolute Gasteiger partial charge is 0.390 e. The van der Waals surface area contributed by atoms with Crippen LogP contribution in [0.4, 0.5) is 0 Å². The summed E-state index contributed by atoms with van der Waals surface area (Å²) >= 11 is 0. The van der Waals surface area contributed by atoms with E-state index < -0.39 is 22.0 Å². The van der Waals surface area contributed by atoms with Crippen LogP contribution in [-0.4, -0.2) is 80.5 Å². The zero-order valence-electron chi connectivity index (χ0n) is 31.5. The van der Waals surface area contributed by atoms with Crippen LogP contribution in [0.3, 0.4) is 0 Å². The highest BCUT2D eigenvalue weighted by Gasteiger charge is 2.84. The van der Waals surface area contributed by atoms with Gasteiger partial charge in [0.25, 0.3) is 0 Å². The topological polar surface area (TPSA) is 102 Å². The van der Waals surface area contributed by atoms with E-state index in [2.05, 4.69) is 34.6 Å². The number of ether oxygens (including phenoxy) is 3. The molecule has 6 saturated carbocycles. The molecule has 0 aromatic heterocycles. The Morgan fingerprint density at radius 3 is 2.45 bits per heavy atom. The van der Waals surface area contributed by atoms with Crippen molar-refractivity contribution in [2.75, 3.05) is 25.4 Å². The van der Waals surface area contributed by atoms with E-state index in [0.29, 0.717) is 55.2 Å². The van der Waals surface area contributed by atoms with E-state index in [0.717, 1.165) is 32.1 Å². The molecule has 2 aliphatic heterocycles. The molecule has 1 aromatic carbocycles. The fraction of sp³-hybridized carbons (Fsp3) is 0.833. The SMILES string of the molecule is CC1CC(CS(=O)(=O)c2ccccc2)OC2C1C1(C)CCC34CC35CCC(OC3CN(C(=O)CC6CC6)CCO3)C(C)(C)C5CCC4C1(C)C2O. The quantitative estimate of drug-likeness (QED) is 0.337. The van der Waals surface area contributed by atoms with Gasteiger partial charge in [-0.05, 0) is 128 Å². The van der Waals surface area contributed by atoms with Crippen LogP contribution in [0.15, 0.2) is 35.2 Å². The van der Waals surface area contributed by atoms with Crippen LogP contribution in [0.5, 0.6) is 0 Å². The second kappa shape index (κ2) is 11.7. The number of fused-ring (bicyclic) bond motifs is 4. The first-order valence-electron chi connectivity index (χ1n) is 20.3. The Bertz CT molecular complexity index is 1650. The minimum absolute atomic E-state index is 0.0184. The standard InChI is InChI=1S/C42H61NO7S/c1-26-21-28(24-51(46,47)29-9-7-6-8-10-29)49-36-35(26)39(4)17-18-42-25-41(42)16-15-32(38(2,3)30(41)13-14-31(42)40(39,5)37(36)45)50-34-23-43(19-20-48-34)33(44)22-27-11-12-27/h6-10,26-28,30-32,34-37,45H,11-25H2,1-5H3. The van der Waals surface area contributed by atoms with E-state index in [1.807, 2.05) is 11.0 Å². The third-order valence-electron chi connectivity index (χ3n) is 17.2. The third kappa shape index (κ3) is 5.02. The normalized spacial score (nSPS) is 48.4. The van der Waals surface area contributed by atoms with Crippen LogP contribution in [0.2, 0.25) is 0 Å². The minimum Gasteiger partial charge on any atom is -0.390 e. The Morgan fingerprint density at radius 2 is 1.71 bits per heavy atom. The molecule has 8 fully saturated rings. The van der Waals surface area contributed by atoms with Crippen LogP contribution >= 0.6 is 0 Å². The zero-order chi connectivity index (χ0) is 35.8. The Labute approximate surface area is 305 Å². The fourth-order valence-corrected chi connectivity index (χ4v) is 16.0. The van der Waals surface area contributed by atoms with Gasteiger partial charge in [-0.3, -0.25) is 4.79 Å². The number of aliphatic hydroxyl groups is 1. The summed E-state index contributed by atoms with van der Waals surface area (Å²) in [6.45, 7) is 13.7. The Kier molecular flexibility index (Phi) is 8.10. The molecule has 0 radical (unpaired) electrons. The first-order chi connectivity index (χ1) is 24.2. The molecule has 0 bridgehead atoms. The summed E-state index contributed by atoms with van der Waals surface area (Å²) in [7, 11) is -3.50. The van der Waals surface area contributed by atoms with Crippen LogP contribution in [0, 0.1) is 56.7 Å². The van der Waals surface area contributed by atoms with Crippen molar-refractivity contribution in [1.29, 1.82) is 0 Å². The van der Waals surface area contributed by atoms with Gasteiger partial charge in [-0.2, -0.15) is 0 Å². The van der Waals surface area contributed by atoms with Gasteiger partial charge in [0.15, 0.2) is 16.1 Å². The van der Waals surface area contributed by atoms with Crippen LogP contribution in [0.1, 0.15) is 105 Å². The van der Waals surface area contributed by atoms with Crippen molar-refractivity contribution in [3.05, 3.63) is 30.3 Å². The maximum Gasteiger partial charge on any atom is 0.223 e. The van der Waals surface area contributed by atoms with Gasteiger partial charge in [0.05, 0.1) is 48.2 Å². The number of sulfone groups is 1. The molecule has 13 unspecified atom stereocenters. The van der Waals surface area contributed by atoms with Crippen molar-refractivity contribution in [1.82, 2.24) is 4.90 Å². The lowest BCUT2D eigenvalue weighted by atomic mass is 9.41. The van der Waals surface area contributed by atoms with Crippen molar-refractivity contribution in [3.63, 3.8) is 0 Å². The number of aliphatic hydroxyl groups excluding tert-OH is 1. The highest BCUT2D eigenvalue weighted by atomic mass is 32.2. The number of amides is 1. The van der Waals surface area contributed by atoms with Gasteiger partial charge in [-0.1, -0.05) is 52.8 Å². The molecule has 8 nitrogen and oxygen atoms in total. The lowest BCUT2D eigenvalue weighted by molar-refractivity contribution is -0.248. The molecular formula is C42H61NO7S. The predicted molar refractivity (Wildman–Crippen MR) is 193 cm³/mol. The molecule has 8 aliphatic rings. The summed E-state index contributed by atoms with van der Waals surface area (Å²) < 4.78 is 46.6. The summed E-state index contributed by atoms with van der Waals surface area (Å²) in [5, 5.41) is 12.6. The van der Waals surface area contributed by atoms with Crippen molar-refractivity contribution in [3.8, 4) is 0 Å². The summed E-state index contributed by atoms with van der Waals surface area (Å²) in [5.41, 5.74) is 0.127. The van der Waals surface area contributed by atoms with E-state index in [9.17, 15) is 18.3 Å². The second-order valence-corrected chi connectivity index (χ2v) is 21.7. The fourth-order valence-electron chi connectivity index (χ4n) is 14.5. The van der Waals surface area contributed by atoms with Gasteiger partial charge in [-0.15, -0.1) is 0 Å². The molecule has 2 saturated heterocycles. The van der Waals surface area contributed by atoms with Crippen molar-refractivity contribution < 1.29 is 32.5 Å². The van der Waals surface area contributed by atoms with Gasteiger partial charge in [0.2, 0.25) is 5.91 Å². The number of hydrogen-bond acceptors (Lipinski definition) is 7. The van der Waals surface area contributed by atoms with Crippen molar-refractivity contribution in [2.45, 2.75) is 141 Å². The average Bonchev–Trinajstić information content (AvgIpc) is 4.02. The molecule has 1 amide bonds. The van der Waals surface area contributed by atoms with E-state index in [4.69, 9.17) is 14.2 Å². The van der Waals surface area contributed by atoms with E-state index >= 15 is 0 Å². The van der Waals surface area contributed by atoms with Crippen LogP contribution in [-0.2, 0) is 28.8 Å². The Balaban J connectivity index is 0.923. The van der Waals surface area contributed by atoms with E-state index in [-0.39, 0.29) is 69.1 Å². The number of nitrogens with zero attached hydrogens (tertiary/aromatic N) is 1. The molecular weight excluding hydrogens is 663 g/mol. The molecule has 51 heavy (non-hydrogen) atoms. The molecule has 13 atom stereocenters. The molecule has 282 valence electrons. The van der Waals surface area contributed by atoms with Gasteiger partial charge < -0.3 is 24.2 Å². The summed E-state index contributed by atoms with van der Waals surface area (Å²) in [6.07, 6.45) is 10.1. The maximum atomic E-state index is 13.4. The Morgan fingerprint density at radius 1 is 0.980 bits per heavy atom. The average molecular weight is 724 g/mol. The molecule has 2 spiro atoms. The summed E-state index contributed by atoms with van der Waals surface area (Å²) in [6, 6.07) is 8.72. The van der Waals surface area contributed by atoms with Gasteiger partial charge in [0.1, 0.15) is 0 Å². The zero-order valence-corrected chi connectivity index (χ0v) is 32.3. The molecule has 2 heterocycles. The number of rotatable bonds is 7. The summed E-state index contributed by atoms with van der Waals surface area (Å²) in [5.74, 6) is 2.26. The van der Waals surface area contributed by atoms with E-state index in [1.54, 1.807) is 24.3 Å². The number of benzene rings is 1. The summed E-state index contributed by atoms with van der Waals surface area (Å²) in [4.78, 5) is 15.2. The van der Waals surface area contributed by atoms with Crippen LogP contribution in [0.25, 0.3) is 0 Å². The first-order valence-corrected chi connectivity index (χ1v) is 22.0. The highest BCUT2D eigenvalue weighted by molar-refractivity contribution is 7.91. The number of hydrogen-bond donors (Lipinski definition) is 1. The molecule has 6 aliphatic carbocycles. The molecule has 9 heteroatoms. The number of carbonyl (C=O) groups excluding carboxylic acids is 1. The lowest BCUT2D eigenvalue weighted by Gasteiger charge is -2.64. The van der Waals surface area contributed by atoms with Crippen LogP contribution < -0.4 is 0 Å².